The first-order valence-corrected chi connectivity index (χ1v) is 38.0. The summed E-state index contributed by atoms with van der Waals surface area (Å²) in [5.74, 6) is 0. The number of unbranched alkanes of at least 4 members (excludes halogenated alkanes) is 6. The van der Waals surface area contributed by atoms with Gasteiger partial charge in [0.05, 0.1) is 39.2 Å². The second kappa shape index (κ2) is 27.5. The molecule has 101 heavy (non-hydrogen) atoms. The Morgan fingerprint density at radius 2 is 0.634 bits per heavy atom. The van der Waals surface area contributed by atoms with Crippen molar-refractivity contribution < 1.29 is 18.6 Å². The van der Waals surface area contributed by atoms with Crippen LogP contribution in [-0.2, 0) is 34.9 Å². The third kappa shape index (κ3) is 12.4. The van der Waals surface area contributed by atoms with Crippen molar-refractivity contribution in [1.82, 2.24) is 0 Å². The molecule has 2 saturated heterocycles. The van der Waals surface area contributed by atoms with E-state index in [0.717, 1.165) is 93.0 Å². The van der Waals surface area contributed by atoms with E-state index >= 15 is 0 Å². The van der Waals surface area contributed by atoms with Crippen molar-refractivity contribution in [2.24, 2.45) is 0 Å². The van der Waals surface area contributed by atoms with Crippen molar-refractivity contribution in [3.63, 3.8) is 0 Å². The summed E-state index contributed by atoms with van der Waals surface area (Å²) in [6, 6.07) is 88.0. The monoisotopic (exact) mass is 1330 g/mol. The highest BCUT2D eigenvalue weighted by molar-refractivity contribution is 6.62. The molecule has 4 aliphatic rings. The van der Waals surface area contributed by atoms with E-state index in [1.165, 1.54) is 107 Å². The lowest BCUT2D eigenvalue weighted by Gasteiger charge is -2.36. The van der Waals surface area contributed by atoms with Crippen LogP contribution in [0.3, 0.4) is 0 Å². The van der Waals surface area contributed by atoms with Crippen molar-refractivity contribution in [3.8, 4) is 44.5 Å². The molecule has 14 rings (SSSR count). The number of hydrogen-bond acceptors (Lipinski definition) is 6. The first kappa shape index (κ1) is 69.8. The SMILES string of the molecule is CCCCCCC(C)(CC)c1ccc2c(c1)C1(c3cc(N(c4ccc(B5OC(C)(C)C(C)(C)O5)cc4)c4ccccc4-c4ccccc4)ccc3-c3ccc(N(c4ccc(B5OC(C)(C)C(C)(C)O5)cc4)c4ccccc4-c4ccccc4)cc31)c1cc(C(C)(CC)CCCCCC)ccc1-2. The van der Waals surface area contributed by atoms with E-state index in [1.807, 2.05) is 0 Å². The standard InChI is InChI=1S/C93H104B2N2O4/c1-15-19-21-33-59-91(13,17-3)67-43-55-77-78-56-44-68(92(14,18-4)60-34-22-20-16-2)62-82(78)93(81(77)61-67)83-63-73(96(85-41-31-29-39-75(85)65-35-25-23-26-36-65)71-49-45-69(46-50-71)94-98-87(5,6)88(7,8)99-94)53-57-79(83)80-58-54-74(64-84(80)93)97(86-42-32-30-40-76(86)66-37-27-24-28-38-66)72-51-47-70(48-52-72)95-100-89(9,10)90(11,12)101-95/h23-32,35-58,61-64H,15-22,33-34,59-60H2,1-14H3. The highest BCUT2D eigenvalue weighted by Gasteiger charge is 2.55. The fourth-order valence-corrected chi connectivity index (χ4v) is 16.6. The average molecular weight is 1340 g/mol. The Morgan fingerprint density at radius 1 is 0.317 bits per heavy atom. The van der Waals surface area contributed by atoms with Gasteiger partial charge >= 0.3 is 14.2 Å². The van der Waals surface area contributed by atoms with Crippen LogP contribution in [0.25, 0.3) is 44.5 Å². The number of hydrogen-bond donors (Lipinski definition) is 0. The number of rotatable bonds is 24. The normalized spacial score (nSPS) is 17.4. The minimum Gasteiger partial charge on any atom is -0.399 e. The van der Waals surface area contributed by atoms with E-state index in [9.17, 15) is 0 Å². The number of nitrogens with zero attached hydrogens (tertiary/aromatic N) is 2. The van der Waals surface area contributed by atoms with Crippen LogP contribution in [0.15, 0.2) is 231 Å². The molecule has 6 nitrogen and oxygen atoms in total. The third-order valence-corrected chi connectivity index (χ3v) is 24.7. The third-order valence-electron chi connectivity index (χ3n) is 24.7. The van der Waals surface area contributed by atoms with Crippen molar-refractivity contribution in [2.45, 2.75) is 213 Å². The van der Waals surface area contributed by atoms with Crippen molar-refractivity contribution >= 4 is 59.3 Å². The Hall–Kier alpha value is -8.23. The fraction of sp³-hybridized carbons (Fsp3) is 0.355. The molecule has 2 fully saturated rings. The first-order valence-electron chi connectivity index (χ1n) is 38.0. The van der Waals surface area contributed by atoms with Crippen molar-refractivity contribution in [2.75, 3.05) is 9.80 Å². The number of fused-ring (bicyclic) bond motifs is 10. The molecule has 0 amide bonds. The van der Waals surface area contributed by atoms with Gasteiger partial charge in [-0.15, -0.1) is 0 Å². The molecule has 0 aromatic heterocycles. The van der Waals surface area contributed by atoms with Gasteiger partial charge in [0.1, 0.15) is 0 Å². The summed E-state index contributed by atoms with van der Waals surface area (Å²) in [5, 5.41) is 0. The van der Waals surface area contributed by atoms with Crippen LogP contribution in [0.5, 0.6) is 0 Å². The van der Waals surface area contributed by atoms with Crippen LogP contribution in [-0.4, -0.2) is 36.6 Å². The molecule has 10 aromatic rings. The number of benzene rings is 10. The summed E-state index contributed by atoms with van der Waals surface area (Å²) in [7, 11) is -1.00. The summed E-state index contributed by atoms with van der Waals surface area (Å²) in [4.78, 5) is 5.01. The lowest BCUT2D eigenvalue weighted by molar-refractivity contribution is 0.00578. The molecule has 2 atom stereocenters. The summed E-state index contributed by atoms with van der Waals surface area (Å²) in [6.45, 7) is 31.6. The van der Waals surface area contributed by atoms with Crippen molar-refractivity contribution in [3.05, 3.63) is 264 Å². The Bertz CT molecular complexity index is 4290. The minimum atomic E-state index is -0.780. The van der Waals surface area contributed by atoms with Crippen LogP contribution in [0.1, 0.15) is 207 Å². The van der Waals surface area contributed by atoms with E-state index < -0.39 is 42.1 Å². The molecule has 2 unspecified atom stereocenters. The van der Waals surface area contributed by atoms with Crippen LogP contribution in [0.4, 0.5) is 34.1 Å². The Morgan fingerprint density at radius 3 is 0.980 bits per heavy atom. The Labute approximate surface area is 605 Å². The molecule has 2 aliphatic carbocycles. The highest BCUT2D eigenvalue weighted by atomic mass is 16.7. The number of para-hydroxylation sites is 2. The quantitative estimate of drug-likeness (QED) is 0.0444. The summed E-state index contributed by atoms with van der Waals surface area (Å²) in [6.07, 6.45) is 14.2. The zero-order valence-corrected chi connectivity index (χ0v) is 62.6. The van der Waals surface area contributed by atoms with Crippen LogP contribution < -0.4 is 20.7 Å². The van der Waals surface area contributed by atoms with Gasteiger partial charge in [0.15, 0.2) is 0 Å². The second-order valence-electron chi connectivity index (χ2n) is 32.0. The molecule has 0 bridgehead atoms. The van der Waals surface area contributed by atoms with Crippen LogP contribution >= 0.6 is 0 Å². The molecule has 10 aromatic carbocycles. The second-order valence-corrected chi connectivity index (χ2v) is 32.0. The van der Waals surface area contributed by atoms with E-state index in [-0.39, 0.29) is 10.8 Å². The predicted octanol–water partition coefficient (Wildman–Crippen LogP) is 24.2. The molecule has 2 aliphatic heterocycles. The fourth-order valence-electron chi connectivity index (χ4n) is 16.6. The molecule has 0 N–H and O–H groups in total. The molecule has 516 valence electrons. The smallest absolute Gasteiger partial charge is 0.399 e. The maximum atomic E-state index is 6.71. The van der Waals surface area contributed by atoms with Gasteiger partial charge in [-0.25, -0.2) is 0 Å². The largest absolute Gasteiger partial charge is 0.494 e. The lowest BCUT2D eigenvalue weighted by Crippen LogP contribution is -2.41. The number of anilines is 6. The van der Waals surface area contributed by atoms with E-state index in [1.54, 1.807) is 0 Å². The highest BCUT2D eigenvalue weighted by Crippen LogP contribution is 2.65. The molecule has 0 radical (unpaired) electrons. The topological polar surface area (TPSA) is 43.4 Å². The predicted molar refractivity (Wildman–Crippen MR) is 427 cm³/mol. The first-order chi connectivity index (χ1) is 48.6. The summed E-state index contributed by atoms with van der Waals surface area (Å²) >= 11 is 0. The van der Waals surface area contributed by atoms with Crippen molar-refractivity contribution in [1.29, 1.82) is 0 Å². The summed E-state index contributed by atoms with van der Waals surface area (Å²) in [5.41, 5.74) is 23.4. The maximum Gasteiger partial charge on any atom is 0.494 e. The van der Waals surface area contributed by atoms with Gasteiger partial charge in [0.2, 0.25) is 0 Å². The van der Waals surface area contributed by atoms with Crippen LogP contribution in [0.2, 0.25) is 0 Å². The minimum absolute atomic E-state index is 0.0501. The van der Waals surface area contributed by atoms with Gasteiger partial charge in [0.25, 0.3) is 0 Å². The Kier molecular flexibility index (Phi) is 19.0. The Balaban J connectivity index is 1.05. The van der Waals surface area contributed by atoms with E-state index in [4.69, 9.17) is 18.6 Å². The van der Waals surface area contributed by atoms with E-state index in [2.05, 4.69) is 337 Å². The van der Waals surface area contributed by atoms with Gasteiger partial charge in [0, 0.05) is 33.9 Å². The van der Waals surface area contributed by atoms with Gasteiger partial charge in [-0.3, -0.25) is 0 Å². The molecular weight excluding hydrogens is 1230 g/mol. The van der Waals surface area contributed by atoms with Gasteiger partial charge in [-0.1, -0.05) is 263 Å². The molecular formula is C93H104B2N2O4. The molecule has 0 saturated carbocycles. The average Bonchev–Trinajstić information content (AvgIpc) is 1.50. The lowest BCUT2D eigenvalue weighted by atomic mass is 9.67. The molecule has 1 spiro atoms. The molecule has 8 heteroatoms. The van der Waals surface area contributed by atoms with Gasteiger partial charge < -0.3 is 28.4 Å². The van der Waals surface area contributed by atoms with E-state index in [0.29, 0.717) is 0 Å². The van der Waals surface area contributed by atoms with Gasteiger partial charge in [-0.2, -0.15) is 0 Å². The molecule has 2 heterocycles. The zero-order chi connectivity index (χ0) is 70.7. The summed E-state index contributed by atoms with van der Waals surface area (Å²) < 4.78 is 26.8. The zero-order valence-electron chi connectivity index (χ0n) is 62.6. The maximum absolute atomic E-state index is 6.71. The van der Waals surface area contributed by atoms with Crippen LogP contribution in [0, 0.1) is 0 Å². The van der Waals surface area contributed by atoms with Gasteiger partial charge in [-0.05, 0) is 230 Å².